The van der Waals surface area contributed by atoms with E-state index in [2.05, 4.69) is 16.0 Å². The highest BCUT2D eigenvalue weighted by molar-refractivity contribution is 6.31. The molecular formula is C15H18ClN3O. The summed E-state index contributed by atoms with van der Waals surface area (Å²) in [6.07, 6.45) is 2.50. The molecule has 2 heterocycles. The molecule has 2 aromatic rings. The molecule has 0 bridgehead atoms. The minimum absolute atomic E-state index is 0.326. The zero-order valence-corrected chi connectivity index (χ0v) is 12.2. The molecular weight excluding hydrogens is 274 g/mol. The number of hydrogen-bond acceptors (Lipinski definition) is 3. The molecule has 1 aromatic heterocycles. The standard InChI is InChI=1S/C15H18ClN3O/c1-17-13-8-20-7-11(13)15-18-12-6-9(16)2-5-14(12)19(15)10-3-4-10/h2,5-6,10-11,13,17H,3-4,7-8H2,1H3. The number of benzene rings is 1. The van der Waals surface area contributed by atoms with Gasteiger partial charge in [-0.3, -0.25) is 0 Å². The lowest BCUT2D eigenvalue weighted by Gasteiger charge is -2.18. The van der Waals surface area contributed by atoms with Gasteiger partial charge in [0.05, 0.1) is 30.2 Å². The molecule has 2 fully saturated rings. The van der Waals surface area contributed by atoms with E-state index in [0.29, 0.717) is 18.0 Å². The molecule has 1 aliphatic heterocycles. The van der Waals surface area contributed by atoms with Crippen molar-refractivity contribution in [3.63, 3.8) is 0 Å². The predicted octanol–water partition coefficient (Wildman–Crippen LogP) is 2.73. The molecule has 1 saturated carbocycles. The Morgan fingerprint density at radius 3 is 2.95 bits per heavy atom. The number of nitrogens with one attached hydrogen (secondary N) is 1. The van der Waals surface area contributed by atoms with Crippen LogP contribution in [0.1, 0.15) is 30.6 Å². The second-order valence-electron chi connectivity index (χ2n) is 5.74. The van der Waals surface area contributed by atoms with Crippen LogP contribution in [0, 0.1) is 0 Å². The van der Waals surface area contributed by atoms with Crippen molar-refractivity contribution in [3.05, 3.63) is 29.0 Å². The summed E-state index contributed by atoms with van der Waals surface area (Å²) in [5, 5.41) is 4.10. The number of halogens is 1. The van der Waals surface area contributed by atoms with Crippen LogP contribution in [0.2, 0.25) is 5.02 Å². The highest BCUT2D eigenvalue weighted by atomic mass is 35.5. The van der Waals surface area contributed by atoms with E-state index in [0.717, 1.165) is 29.6 Å². The summed E-state index contributed by atoms with van der Waals surface area (Å²) in [6.45, 7) is 1.51. The summed E-state index contributed by atoms with van der Waals surface area (Å²) in [6, 6.07) is 6.96. The molecule has 0 amide bonds. The lowest BCUT2D eigenvalue weighted by Crippen LogP contribution is -2.32. The van der Waals surface area contributed by atoms with Crippen molar-refractivity contribution in [2.45, 2.75) is 30.8 Å². The first kappa shape index (κ1) is 12.6. The Morgan fingerprint density at radius 1 is 1.35 bits per heavy atom. The smallest absolute Gasteiger partial charge is 0.117 e. The van der Waals surface area contributed by atoms with Gasteiger partial charge in [-0.1, -0.05) is 11.6 Å². The van der Waals surface area contributed by atoms with Gasteiger partial charge in [-0.15, -0.1) is 0 Å². The zero-order chi connectivity index (χ0) is 13.7. The summed E-state index contributed by atoms with van der Waals surface area (Å²) < 4.78 is 8.06. The van der Waals surface area contributed by atoms with Crippen molar-refractivity contribution >= 4 is 22.6 Å². The van der Waals surface area contributed by atoms with E-state index in [4.69, 9.17) is 21.3 Å². The molecule has 1 aliphatic carbocycles. The fraction of sp³-hybridized carbons (Fsp3) is 0.533. The number of imidazole rings is 1. The SMILES string of the molecule is CNC1COCC1c1nc2cc(Cl)ccc2n1C1CC1. The summed E-state index contributed by atoms with van der Waals surface area (Å²) in [4.78, 5) is 4.87. The third-order valence-electron chi connectivity index (χ3n) is 4.37. The largest absolute Gasteiger partial charge is 0.379 e. The van der Waals surface area contributed by atoms with Crippen molar-refractivity contribution in [2.24, 2.45) is 0 Å². The number of hydrogen-bond donors (Lipinski definition) is 1. The average molecular weight is 292 g/mol. The van der Waals surface area contributed by atoms with Gasteiger partial charge < -0.3 is 14.6 Å². The van der Waals surface area contributed by atoms with Gasteiger partial charge >= 0.3 is 0 Å². The topological polar surface area (TPSA) is 39.1 Å². The van der Waals surface area contributed by atoms with Crippen LogP contribution >= 0.6 is 11.6 Å². The number of ether oxygens (including phenoxy) is 1. The van der Waals surface area contributed by atoms with E-state index < -0.39 is 0 Å². The minimum Gasteiger partial charge on any atom is -0.379 e. The van der Waals surface area contributed by atoms with Gasteiger partial charge in [0.1, 0.15) is 5.82 Å². The van der Waals surface area contributed by atoms with Gasteiger partial charge in [-0.05, 0) is 38.1 Å². The third kappa shape index (κ3) is 1.94. The highest BCUT2D eigenvalue weighted by Crippen LogP contribution is 2.41. The van der Waals surface area contributed by atoms with E-state index in [-0.39, 0.29) is 0 Å². The molecule has 2 aliphatic rings. The van der Waals surface area contributed by atoms with Crippen LogP contribution in [-0.4, -0.2) is 35.9 Å². The fourth-order valence-corrected chi connectivity index (χ4v) is 3.33. The normalized spacial score (nSPS) is 26.5. The maximum Gasteiger partial charge on any atom is 0.117 e. The van der Waals surface area contributed by atoms with E-state index in [1.54, 1.807) is 0 Å². The van der Waals surface area contributed by atoms with Crippen LogP contribution in [0.5, 0.6) is 0 Å². The Morgan fingerprint density at radius 2 is 2.20 bits per heavy atom. The monoisotopic (exact) mass is 291 g/mol. The molecule has 1 N–H and O–H groups in total. The molecule has 0 spiro atoms. The molecule has 4 nitrogen and oxygen atoms in total. The Hall–Kier alpha value is -1.10. The lowest BCUT2D eigenvalue weighted by molar-refractivity contribution is 0.187. The van der Waals surface area contributed by atoms with Gasteiger partial charge in [-0.2, -0.15) is 0 Å². The van der Waals surface area contributed by atoms with Gasteiger partial charge in [0.2, 0.25) is 0 Å². The van der Waals surface area contributed by atoms with Crippen LogP contribution in [0.4, 0.5) is 0 Å². The van der Waals surface area contributed by atoms with Crippen LogP contribution < -0.4 is 5.32 Å². The number of rotatable bonds is 3. The molecule has 0 radical (unpaired) electrons. The fourth-order valence-electron chi connectivity index (χ4n) is 3.16. The summed E-state index contributed by atoms with van der Waals surface area (Å²) in [7, 11) is 1.99. The Balaban J connectivity index is 1.87. The molecule has 20 heavy (non-hydrogen) atoms. The summed E-state index contributed by atoms with van der Waals surface area (Å²) in [5.74, 6) is 1.48. The minimum atomic E-state index is 0.326. The molecule has 4 rings (SSSR count). The Labute approximate surface area is 123 Å². The molecule has 1 aromatic carbocycles. The van der Waals surface area contributed by atoms with Gasteiger partial charge in [0.25, 0.3) is 0 Å². The maximum atomic E-state index is 6.10. The first-order valence-corrected chi connectivity index (χ1v) is 7.58. The van der Waals surface area contributed by atoms with Gasteiger partial charge in [0.15, 0.2) is 0 Å². The summed E-state index contributed by atoms with van der Waals surface area (Å²) in [5.41, 5.74) is 2.20. The molecule has 2 unspecified atom stereocenters. The van der Waals surface area contributed by atoms with E-state index >= 15 is 0 Å². The van der Waals surface area contributed by atoms with E-state index in [9.17, 15) is 0 Å². The van der Waals surface area contributed by atoms with Gasteiger partial charge in [0, 0.05) is 17.1 Å². The van der Waals surface area contributed by atoms with Crippen molar-refractivity contribution in [1.29, 1.82) is 0 Å². The van der Waals surface area contributed by atoms with Crippen LogP contribution in [-0.2, 0) is 4.74 Å². The van der Waals surface area contributed by atoms with Crippen molar-refractivity contribution in [3.8, 4) is 0 Å². The maximum absolute atomic E-state index is 6.10. The second kappa shape index (κ2) is 4.72. The Bertz CT molecular complexity index is 650. The van der Waals surface area contributed by atoms with Gasteiger partial charge in [-0.25, -0.2) is 4.98 Å². The van der Waals surface area contributed by atoms with Crippen molar-refractivity contribution in [2.75, 3.05) is 20.3 Å². The van der Waals surface area contributed by atoms with Crippen molar-refractivity contribution < 1.29 is 4.74 Å². The lowest BCUT2D eigenvalue weighted by atomic mass is 10.0. The molecule has 5 heteroatoms. The molecule has 2 atom stereocenters. The number of nitrogens with zero attached hydrogens (tertiary/aromatic N) is 2. The second-order valence-corrected chi connectivity index (χ2v) is 6.18. The first-order valence-electron chi connectivity index (χ1n) is 7.20. The van der Waals surface area contributed by atoms with Crippen molar-refractivity contribution in [1.82, 2.24) is 14.9 Å². The number of likely N-dealkylation sites (N-methyl/N-ethyl adjacent to an activating group) is 1. The summed E-state index contributed by atoms with van der Waals surface area (Å²) >= 11 is 6.10. The van der Waals surface area contributed by atoms with Crippen LogP contribution in [0.15, 0.2) is 18.2 Å². The van der Waals surface area contributed by atoms with E-state index in [1.165, 1.54) is 18.4 Å². The zero-order valence-electron chi connectivity index (χ0n) is 11.5. The molecule has 106 valence electrons. The number of fused-ring (bicyclic) bond motifs is 1. The highest BCUT2D eigenvalue weighted by Gasteiger charge is 2.36. The third-order valence-corrected chi connectivity index (χ3v) is 4.61. The Kier molecular flexibility index (Phi) is 2.98. The van der Waals surface area contributed by atoms with E-state index in [1.807, 2.05) is 19.2 Å². The average Bonchev–Trinajstić information content (AvgIpc) is 3.05. The number of aromatic nitrogens is 2. The molecule has 1 saturated heterocycles. The predicted molar refractivity (Wildman–Crippen MR) is 79.4 cm³/mol. The quantitative estimate of drug-likeness (QED) is 0.945. The first-order chi connectivity index (χ1) is 9.78. The van der Waals surface area contributed by atoms with Crippen LogP contribution in [0.25, 0.3) is 11.0 Å². The van der Waals surface area contributed by atoms with Crippen LogP contribution in [0.3, 0.4) is 0 Å².